The van der Waals surface area contributed by atoms with Gasteiger partial charge in [-0.1, -0.05) is 30.3 Å². The van der Waals surface area contributed by atoms with E-state index < -0.39 is 5.56 Å². The molecule has 0 unspecified atom stereocenters. The first-order chi connectivity index (χ1) is 24.9. The highest BCUT2D eigenvalue weighted by atomic mass is 16.7. The van der Waals surface area contributed by atoms with E-state index in [1.54, 1.807) is 24.8 Å². The topological polar surface area (TPSA) is 175 Å². The molecule has 1 aromatic carbocycles. The monoisotopic (exact) mass is 684 g/mol. The number of hydrogen-bond acceptors (Lipinski definition) is 12. The number of aryl methyl sites for hydroxylation is 2. The molecule has 6 heterocycles. The summed E-state index contributed by atoms with van der Waals surface area (Å²) in [4.78, 5) is 55.1. The zero-order chi connectivity index (χ0) is 35.6. The Morgan fingerprint density at radius 3 is 1.73 bits per heavy atom. The molecule has 0 fully saturated rings. The number of fused-ring (bicyclic) bond motifs is 2. The third-order valence-corrected chi connectivity index (χ3v) is 8.07. The van der Waals surface area contributed by atoms with Gasteiger partial charge in [-0.25, -0.2) is 19.9 Å². The summed E-state index contributed by atoms with van der Waals surface area (Å²) >= 11 is 0. The van der Waals surface area contributed by atoms with Gasteiger partial charge in [0.25, 0.3) is 11.1 Å². The summed E-state index contributed by atoms with van der Waals surface area (Å²) in [5.74, 6) is 0. The molecule has 6 aromatic heterocycles. The van der Waals surface area contributed by atoms with Crippen molar-refractivity contribution in [3.8, 4) is 0 Å². The molecule has 7 rings (SSSR count). The van der Waals surface area contributed by atoms with Crippen molar-refractivity contribution in [1.29, 1.82) is 0 Å². The Labute approximate surface area is 292 Å². The SMILES string of the molecule is Cc1ncnc2c1c(NCCc1ccncc1)cc(=O)n2O.Cc1ncnc2c1c(NCCc1ccncc1)cc(=O)n2OCc1ccccc1. The molecule has 0 saturated heterocycles. The van der Waals surface area contributed by atoms with Crippen molar-refractivity contribution in [3.05, 3.63) is 153 Å². The number of pyridine rings is 4. The lowest BCUT2D eigenvalue weighted by Crippen LogP contribution is -2.28. The van der Waals surface area contributed by atoms with Gasteiger partial charge in [-0.05, 0) is 67.6 Å². The normalized spacial score (nSPS) is 10.8. The Balaban J connectivity index is 0.000000183. The van der Waals surface area contributed by atoms with Crippen molar-refractivity contribution in [2.75, 3.05) is 23.7 Å². The molecule has 7 aromatic rings. The number of rotatable bonds is 11. The summed E-state index contributed by atoms with van der Waals surface area (Å²) in [5.41, 5.74) is 5.93. The Morgan fingerprint density at radius 1 is 0.647 bits per heavy atom. The fourth-order valence-electron chi connectivity index (χ4n) is 5.49. The van der Waals surface area contributed by atoms with Gasteiger partial charge in [0.05, 0.1) is 33.5 Å². The Hall–Kier alpha value is -6.70. The van der Waals surface area contributed by atoms with Gasteiger partial charge in [-0.3, -0.25) is 19.6 Å². The molecule has 0 aliphatic heterocycles. The number of nitrogens with one attached hydrogen (secondary N) is 2. The highest BCUT2D eigenvalue weighted by Crippen LogP contribution is 2.23. The Morgan fingerprint density at radius 2 is 1.16 bits per heavy atom. The molecule has 0 aliphatic carbocycles. The van der Waals surface area contributed by atoms with Gasteiger partial charge in [-0.2, -0.15) is 0 Å². The van der Waals surface area contributed by atoms with E-state index >= 15 is 0 Å². The van der Waals surface area contributed by atoms with Crippen molar-refractivity contribution in [3.63, 3.8) is 0 Å². The number of benzene rings is 1. The van der Waals surface area contributed by atoms with E-state index in [9.17, 15) is 14.8 Å². The molecule has 258 valence electrons. The van der Waals surface area contributed by atoms with Crippen LogP contribution in [0.5, 0.6) is 0 Å². The van der Waals surface area contributed by atoms with Crippen LogP contribution in [0, 0.1) is 13.8 Å². The third-order valence-electron chi connectivity index (χ3n) is 8.07. The maximum absolute atomic E-state index is 12.7. The maximum atomic E-state index is 12.7. The van der Waals surface area contributed by atoms with Crippen LogP contribution >= 0.6 is 0 Å². The van der Waals surface area contributed by atoms with Crippen LogP contribution in [0.1, 0.15) is 28.1 Å². The zero-order valence-electron chi connectivity index (χ0n) is 28.1. The van der Waals surface area contributed by atoms with Gasteiger partial charge in [-0.15, -0.1) is 9.46 Å². The fourth-order valence-corrected chi connectivity index (χ4v) is 5.49. The molecule has 0 atom stereocenters. The lowest BCUT2D eigenvalue weighted by Gasteiger charge is -2.15. The second-order valence-electron chi connectivity index (χ2n) is 11.5. The number of anilines is 2. The summed E-state index contributed by atoms with van der Waals surface area (Å²) < 4.78 is 1.78. The number of hydrogen-bond donors (Lipinski definition) is 3. The van der Waals surface area contributed by atoms with Crippen molar-refractivity contribution >= 4 is 33.4 Å². The smallest absolute Gasteiger partial charge is 0.287 e. The molecule has 0 amide bonds. The van der Waals surface area contributed by atoms with E-state index in [2.05, 4.69) is 40.5 Å². The summed E-state index contributed by atoms with van der Waals surface area (Å²) in [6.07, 6.45) is 11.4. The van der Waals surface area contributed by atoms with Gasteiger partial charge in [0.2, 0.25) is 0 Å². The average Bonchev–Trinajstić information content (AvgIpc) is 3.15. The molecule has 51 heavy (non-hydrogen) atoms. The number of aromatic nitrogens is 8. The van der Waals surface area contributed by atoms with Crippen LogP contribution in [0.25, 0.3) is 22.1 Å². The van der Waals surface area contributed by atoms with Gasteiger partial charge >= 0.3 is 0 Å². The van der Waals surface area contributed by atoms with Crippen molar-refractivity contribution in [2.24, 2.45) is 0 Å². The number of nitrogens with zero attached hydrogens (tertiary/aromatic N) is 8. The average molecular weight is 685 g/mol. The van der Waals surface area contributed by atoms with E-state index in [0.29, 0.717) is 45.9 Å². The maximum Gasteiger partial charge on any atom is 0.287 e. The summed E-state index contributed by atoms with van der Waals surface area (Å²) in [7, 11) is 0. The second-order valence-corrected chi connectivity index (χ2v) is 11.5. The quantitative estimate of drug-likeness (QED) is 0.166. The predicted octanol–water partition coefficient (Wildman–Crippen LogP) is 4.17. The minimum atomic E-state index is -0.531. The summed E-state index contributed by atoms with van der Waals surface area (Å²) in [5, 5.41) is 17.8. The van der Waals surface area contributed by atoms with Crippen molar-refractivity contribution in [2.45, 2.75) is 33.3 Å². The van der Waals surface area contributed by atoms with E-state index in [1.165, 1.54) is 35.1 Å². The van der Waals surface area contributed by atoms with Crippen LogP contribution in [0.3, 0.4) is 0 Å². The van der Waals surface area contributed by atoms with E-state index in [-0.39, 0.29) is 17.8 Å². The highest BCUT2D eigenvalue weighted by molar-refractivity contribution is 5.91. The molecular formula is C37H36N10O4. The van der Waals surface area contributed by atoms with Crippen LogP contribution in [-0.4, -0.2) is 57.7 Å². The molecule has 14 heteroatoms. The molecule has 0 radical (unpaired) electrons. The first-order valence-electron chi connectivity index (χ1n) is 16.3. The fraction of sp³-hybridized carbons (Fsp3) is 0.189. The van der Waals surface area contributed by atoms with E-state index in [1.807, 2.05) is 68.4 Å². The minimum Gasteiger partial charge on any atom is -0.423 e. The van der Waals surface area contributed by atoms with Crippen LogP contribution in [0.2, 0.25) is 0 Å². The molecule has 0 saturated carbocycles. The van der Waals surface area contributed by atoms with Crippen molar-refractivity contribution in [1.82, 2.24) is 39.4 Å². The van der Waals surface area contributed by atoms with Crippen LogP contribution in [0.4, 0.5) is 11.4 Å². The third kappa shape index (κ3) is 8.31. The highest BCUT2D eigenvalue weighted by Gasteiger charge is 2.15. The molecule has 0 spiro atoms. The van der Waals surface area contributed by atoms with Gasteiger partial charge in [0.15, 0.2) is 11.3 Å². The van der Waals surface area contributed by atoms with Gasteiger partial charge < -0.3 is 20.7 Å². The largest absolute Gasteiger partial charge is 0.423 e. The Bertz CT molecular complexity index is 2350. The molecule has 14 nitrogen and oxygen atoms in total. The standard InChI is InChI=1S/C22H21N5O2.C15H15N5O2/c1-16-21-19(24-12-9-17-7-10-23-11-8-17)13-20(28)27(22(21)26-15-25-16)29-14-18-5-3-2-4-6-18;1-10-14-12(17-7-4-11-2-5-16-6-3-11)8-13(21)20(22)15(14)19-9-18-10/h2-8,10-11,13,15,24H,9,12,14H2,1H3;2-3,5-6,8-9,17,22H,4,7H2,1H3. The first kappa shape index (κ1) is 34.2. The van der Waals surface area contributed by atoms with Crippen LogP contribution in [0.15, 0.2) is 114 Å². The van der Waals surface area contributed by atoms with Gasteiger partial charge in [0, 0.05) is 50.0 Å². The second kappa shape index (κ2) is 16.1. The predicted molar refractivity (Wildman–Crippen MR) is 194 cm³/mol. The molecule has 3 N–H and O–H groups in total. The molecular weight excluding hydrogens is 648 g/mol. The van der Waals surface area contributed by atoms with E-state index in [4.69, 9.17) is 4.84 Å². The van der Waals surface area contributed by atoms with Crippen molar-refractivity contribution < 1.29 is 10.0 Å². The van der Waals surface area contributed by atoms with E-state index in [0.717, 1.165) is 35.0 Å². The van der Waals surface area contributed by atoms with Crippen LogP contribution < -0.4 is 26.6 Å². The van der Waals surface area contributed by atoms with Gasteiger partial charge in [0.1, 0.15) is 19.3 Å². The minimum absolute atomic E-state index is 0.200. The Kier molecular flexibility index (Phi) is 10.8. The molecule has 0 bridgehead atoms. The first-order valence-corrected chi connectivity index (χ1v) is 16.3. The molecule has 0 aliphatic rings. The lowest BCUT2D eigenvalue weighted by molar-refractivity contribution is 0.0979. The summed E-state index contributed by atoms with van der Waals surface area (Å²) in [6.45, 7) is 5.28. The lowest BCUT2D eigenvalue weighted by atomic mass is 10.2. The zero-order valence-corrected chi connectivity index (χ0v) is 28.1. The summed E-state index contributed by atoms with van der Waals surface area (Å²) in [6, 6.07) is 20.4. The van der Waals surface area contributed by atoms with Crippen LogP contribution in [-0.2, 0) is 19.4 Å².